The Morgan fingerprint density at radius 1 is 0.667 bits per heavy atom. The maximum atomic E-state index is 12.6. The van der Waals surface area contributed by atoms with E-state index in [4.69, 9.17) is 9.47 Å². The van der Waals surface area contributed by atoms with E-state index >= 15 is 0 Å². The molecule has 0 aliphatic rings. The first-order chi connectivity index (χ1) is 14.4. The fourth-order valence-corrected chi connectivity index (χ4v) is 3.52. The summed E-state index contributed by atoms with van der Waals surface area (Å²) >= 11 is 0. The Bertz CT molecular complexity index is 1100. The van der Waals surface area contributed by atoms with Crippen LogP contribution in [0.15, 0.2) is 60.7 Å². The third-order valence-corrected chi connectivity index (χ3v) is 4.94. The molecule has 0 radical (unpaired) electrons. The fraction of sp³-hybridized carbons (Fsp3) is 0.200. The second kappa shape index (κ2) is 8.82. The third kappa shape index (κ3) is 4.06. The van der Waals surface area contributed by atoms with Crippen LogP contribution in [0.2, 0.25) is 0 Å². The molecule has 0 bridgehead atoms. The van der Waals surface area contributed by atoms with Crippen molar-refractivity contribution in [2.45, 2.75) is 20.8 Å². The first-order valence-corrected chi connectivity index (χ1v) is 9.61. The van der Waals surface area contributed by atoms with Gasteiger partial charge in [0.1, 0.15) is 0 Å². The molecule has 3 aromatic carbocycles. The molecule has 3 rings (SSSR count). The van der Waals surface area contributed by atoms with Gasteiger partial charge in [-0.3, -0.25) is 0 Å². The first kappa shape index (κ1) is 21.1. The summed E-state index contributed by atoms with van der Waals surface area (Å²) in [6, 6.07) is 18.8. The Kier molecular flexibility index (Phi) is 6.21. The molecule has 0 saturated heterocycles. The first-order valence-electron chi connectivity index (χ1n) is 9.61. The van der Waals surface area contributed by atoms with Crippen molar-refractivity contribution < 1.29 is 19.1 Å². The van der Waals surface area contributed by atoms with E-state index in [0.29, 0.717) is 22.5 Å². The molecule has 0 aliphatic carbocycles. The van der Waals surface area contributed by atoms with Crippen molar-refractivity contribution in [2.75, 3.05) is 19.1 Å². The summed E-state index contributed by atoms with van der Waals surface area (Å²) in [5.74, 6) is -0.897. The number of rotatable bonds is 5. The van der Waals surface area contributed by atoms with Crippen molar-refractivity contribution >= 4 is 29.0 Å². The van der Waals surface area contributed by atoms with Crippen LogP contribution >= 0.6 is 0 Å². The van der Waals surface area contributed by atoms with Gasteiger partial charge in [0.2, 0.25) is 0 Å². The number of nitrogens with zero attached hydrogens (tertiary/aromatic N) is 1. The van der Waals surface area contributed by atoms with Gasteiger partial charge in [-0.05, 0) is 56.7 Å². The highest BCUT2D eigenvalue weighted by Crippen LogP contribution is 2.40. The molecule has 0 fully saturated rings. The highest BCUT2D eigenvalue weighted by Gasteiger charge is 2.25. The predicted molar refractivity (Wildman–Crippen MR) is 118 cm³/mol. The quantitative estimate of drug-likeness (QED) is 0.515. The lowest BCUT2D eigenvalue weighted by molar-refractivity contribution is 0.0594. The van der Waals surface area contributed by atoms with Gasteiger partial charge in [0.25, 0.3) is 0 Å². The zero-order valence-electron chi connectivity index (χ0n) is 17.9. The normalized spacial score (nSPS) is 10.4. The van der Waals surface area contributed by atoms with Crippen LogP contribution in [0.25, 0.3) is 0 Å². The van der Waals surface area contributed by atoms with Crippen LogP contribution < -0.4 is 4.90 Å². The molecule has 0 spiro atoms. The molecule has 3 aromatic rings. The SMILES string of the molecule is COC(=O)c1ccccc1N(c1ccc(C)cc1C)c1ccc(C)cc1C(=O)OC. The van der Waals surface area contributed by atoms with E-state index in [1.54, 1.807) is 18.2 Å². The summed E-state index contributed by atoms with van der Waals surface area (Å²) in [6.45, 7) is 5.94. The van der Waals surface area contributed by atoms with Crippen LogP contribution in [0, 0.1) is 20.8 Å². The van der Waals surface area contributed by atoms with Crippen molar-refractivity contribution in [3.63, 3.8) is 0 Å². The average Bonchev–Trinajstić information content (AvgIpc) is 2.75. The second-order valence-corrected chi connectivity index (χ2v) is 7.15. The van der Waals surface area contributed by atoms with Crippen molar-refractivity contribution in [1.82, 2.24) is 0 Å². The summed E-state index contributed by atoms with van der Waals surface area (Å²) in [5, 5.41) is 0. The van der Waals surface area contributed by atoms with Crippen LogP contribution in [0.3, 0.4) is 0 Å². The van der Waals surface area contributed by atoms with Crippen LogP contribution in [0.4, 0.5) is 17.1 Å². The zero-order chi connectivity index (χ0) is 21.8. The monoisotopic (exact) mass is 403 g/mol. The van der Waals surface area contributed by atoms with Crippen LogP contribution in [0.1, 0.15) is 37.4 Å². The van der Waals surface area contributed by atoms with E-state index in [1.165, 1.54) is 14.2 Å². The summed E-state index contributed by atoms with van der Waals surface area (Å²) in [4.78, 5) is 27.1. The molecule has 0 amide bonds. The predicted octanol–water partition coefficient (Wildman–Crippen LogP) is 5.65. The molecular weight excluding hydrogens is 378 g/mol. The molecule has 0 aromatic heterocycles. The third-order valence-electron chi connectivity index (χ3n) is 4.94. The number of para-hydroxylation sites is 1. The molecule has 0 aliphatic heterocycles. The van der Waals surface area contributed by atoms with Crippen molar-refractivity contribution in [2.24, 2.45) is 0 Å². The second-order valence-electron chi connectivity index (χ2n) is 7.15. The molecule has 0 saturated carbocycles. The highest BCUT2D eigenvalue weighted by atomic mass is 16.5. The maximum absolute atomic E-state index is 12.6. The summed E-state index contributed by atoms with van der Waals surface area (Å²) in [5.41, 5.74) is 5.96. The number of esters is 2. The topological polar surface area (TPSA) is 55.8 Å². The van der Waals surface area contributed by atoms with Gasteiger partial charge in [-0.2, -0.15) is 0 Å². The number of carbonyl (C=O) groups is 2. The van der Waals surface area contributed by atoms with E-state index in [0.717, 1.165) is 22.4 Å². The lowest BCUT2D eigenvalue weighted by Gasteiger charge is -2.30. The number of hydrogen-bond donors (Lipinski definition) is 0. The van der Waals surface area contributed by atoms with Gasteiger partial charge in [-0.25, -0.2) is 9.59 Å². The smallest absolute Gasteiger partial charge is 0.340 e. The minimum absolute atomic E-state index is 0.399. The van der Waals surface area contributed by atoms with E-state index in [1.807, 2.05) is 62.1 Å². The number of aryl methyl sites for hydroxylation is 3. The minimum atomic E-state index is -0.452. The van der Waals surface area contributed by atoms with E-state index in [-0.39, 0.29) is 0 Å². The molecule has 0 heterocycles. The zero-order valence-corrected chi connectivity index (χ0v) is 17.9. The summed E-state index contributed by atoms with van der Waals surface area (Å²) in [7, 11) is 2.71. The maximum Gasteiger partial charge on any atom is 0.340 e. The van der Waals surface area contributed by atoms with Gasteiger partial charge in [-0.1, -0.05) is 41.5 Å². The average molecular weight is 403 g/mol. The van der Waals surface area contributed by atoms with Gasteiger partial charge in [0, 0.05) is 5.69 Å². The fourth-order valence-electron chi connectivity index (χ4n) is 3.52. The number of benzene rings is 3. The van der Waals surface area contributed by atoms with Crippen LogP contribution in [-0.2, 0) is 9.47 Å². The Hall–Kier alpha value is -3.60. The lowest BCUT2D eigenvalue weighted by atomic mass is 10.0. The minimum Gasteiger partial charge on any atom is -0.465 e. The van der Waals surface area contributed by atoms with Gasteiger partial charge in [0.05, 0.1) is 36.7 Å². The van der Waals surface area contributed by atoms with Crippen LogP contribution in [-0.4, -0.2) is 26.2 Å². The van der Waals surface area contributed by atoms with Gasteiger partial charge >= 0.3 is 11.9 Å². The molecule has 5 heteroatoms. The lowest BCUT2D eigenvalue weighted by Crippen LogP contribution is -2.19. The number of methoxy groups -OCH3 is 2. The number of carbonyl (C=O) groups excluding carboxylic acids is 2. The van der Waals surface area contributed by atoms with E-state index < -0.39 is 11.9 Å². The number of ether oxygens (including phenoxy) is 2. The Morgan fingerprint density at radius 2 is 1.20 bits per heavy atom. The molecule has 0 unspecified atom stereocenters. The van der Waals surface area contributed by atoms with Gasteiger partial charge in [0.15, 0.2) is 0 Å². The Morgan fingerprint density at radius 3 is 1.83 bits per heavy atom. The molecule has 30 heavy (non-hydrogen) atoms. The number of anilines is 3. The number of hydrogen-bond acceptors (Lipinski definition) is 5. The van der Waals surface area contributed by atoms with E-state index in [9.17, 15) is 9.59 Å². The highest BCUT2D eigenvalue weighted by molar-refractivity contribution is 6.03. The Labute approximate surface area is 176 Å². The molecule has 154 valence electrons. The summed E-state index contributed by atoms with van der Waals surface area (Å²) < 4.78 is 10.1. The Balaban J connectivity index is 2.37. The van der Waals surface area contributed by atoms with Crippen LogP contribution in [0.5, 0.6) is 0 Å². The molecule has 5 nitrogen and oxygen atoms in total. The summed E-state index contributed by atoms with van der Waals surface area (Å²) in [6.07, 6.45) is 0. The van der Waals surface area contributed by atoms with Gasteiger partial charge in [-0.15, -0.1) is 0 Å². The largest absolute Gasteiger partial charge is 0.465 e. The molecular formula is C25H25NO4. The van der Waals surface area contributed by atoms with E-state index in [2.05, 4.69) is 6.07 Å². The van der Waals surface area contributed by atoms with Crippen molar-refractivity contribution in [1.29, 1.82) is 0 Å². The standard InChI is InChI=1S/C25H25NO4/c1-16-10-12-21(18(3)14-16)26(22-9-7-6-8-19(22)24(27)29-4)23-13-11-17(2)15-20(23)25(28)30-5/h6-15H,1-5H3. The van der Waals surface area contributed by atoms with Crippen molar-refractivity contribution in [3.8, 4) is 0 Å². The molecule has 0 N–H and O–H groups in total. The molecule has 0 atom stereocenters. The van der Waals surface area contributed by atoms with Crippen molar-refractivity contribution in [3.05, 3.63) is 88.5 Å². The van der Waals surface area contributed by atoms with Gasteiger partial charge < -0.3 is 14.4 Å².